The average Bonchev–Trinajstić information content (AvgIpc) is 2.97. The van der Waals surface area contributed by atoms with Crippen LogP contribution in [0, 0.1) is 0 Å². The number of nitrogens with one attached hydrogen (secondary N) is 2. The van der Waals surface area contributed by atoms with E-state index in [1.807, 2.05) is 0 Å². The van der Waals surface area contributed by atoms with Gasteiger partial charge in [0.25, 0.3) is 5.91 Å². The van der Waals surface area contributed by atoms with Gasteiger partial charge in [0, 0.05) is 25.8 Å². The Labute approximate surface area is 123 Å². The topological polar surface area (TPSA) is 76.7 Å². The quantitative estimate of drug-likeness (QED) is 0.829. The fourth-order valence-electron chi connectivity index (χ4n) is 2.07. The summed E-state index contributed by atoms with van der Waals surface area (Å²) in [7, 11) is 0. The lowest BCUT2D eigenvalue weighted by molar-refractivity contribution is -0.123. The predicted octanol–water partition coefficient (Wildman–Crippen LogP) is 1.32. The van der Waals surface area contributed by atoms with Crippen molar-refractivity contribution in [1.29, 1.82) is 0 Å². The molecule has 0 spiro atoms. The van der Waals surface area contributed by atoms with Gasteiger partial charge in [0.05, 0.1) is 6.10 Å². The highest BCUT2D eigenvalue weighted by Crippen LogP contribution is 2.15. The second-order valence-corrected chi connectivity index (χ2v) is 4.93. The Balaban J connectivity index is 1.69. The van der Waals surface area contributed by atoms with Crippen LogP contribution in [0.15, 0.2) is 24.3 Å². The lowest BCUT2D eigenvalue weighted by Gasteiger charge is -2.11. The van der Waals surface area contributed by atoms with E-state index in [1.54, 1.807) is 24.3 Å². The van der Waals surface area contributed by atoms with Gasteiger partial charge in [-0.1, -0.05) is 0 Å². The van der Waals surface area contributed by atoms with Crippen LogP contribution >= 0.6 is 0 Å². The average molecular weight is 292 g/mol. The van der Waals surface area contributed by atoms with Crippen LogP contribution < -0.4 is 15.4 Å². The molecule has 1 aliphatic rings. The van der Waals surface area contributed by atoms with E-state index in [0.29, 0.717) is 18.0 Å². The molecular formula is C15H20N2O4. The van der Waals surface area contributed by atoms with Crippen molar-refractivity contribution in [1.82, 2.24) is 5.32 Å². The van der Waals surface area contributed by atoms with E-state index in [4.69, 9.17) is 9.47 Å². The molecule has 0 radical (unpaired) electrons. The number of carbonyl (C=O) groups excluding carboxylic acids is 2. The Morgan fingerprint density at radius 3 is 2.71 bits per heavy atom. The summed E-state index contributed by atoms with van der Waals surface area (Å²) in [6, 6.07) is 6.86. The van der Waals surface area contributed by atoms with Crippen molar-refractivity contribution >= 4 is 17.5 Å². The molecule has 2 amide bonds. The van der Waals surface area contributed by atoms with Crippen LogP contribution in [0.3, 0.4) is 0 Å². The van der Waals surface area contributed by atoms with Gasteiger partial charge in [0.15, 0.2) is 6.61 Å². The first-order chi connectivity index (χ1) is 10.1. The molecular weight excluding hydrogens is 272 g/mol. The molecule has 1 aromatic rings. The maximum atomic E-state index is 11.6. The minimum absolute atomic E-state index is 0.0355. The highest BCUT2D eigenvalue weighted by atomic mass is 16.5. The monoisotopic (exact) mass is 292 g/mol. The molecule has 0 bridgehead atoms. The first-order valence-electron chi connectivity index (χ1n) is 7.02. The van der Waals surface area contributed by atoms with Gasteiger partial charge in [-0.3, -0.25) is 9.59 Å². The van der Waals surface area contributed by atoms with Crippen LogP contribution in [-0.4, -0.2) is 37.7 Å². The molecule has 0 unspecified atom stereocenters. The van der Waals surface area contributed by atoms with Crippen molar-refractivity contribution in [2.24, 2.45) is 0 Å². The maximum Gasteiger partial charge on any atom is 0.258 e. The third-order valence-corrected chi connectivity index (χ3v) is 3.10. The van der Waals surface area contributed by atoms with Gasteiger partial charge in [-0.2, -0.15) is 0 Å². The van der Waals surface area contributed by atoms with E-state index < -0.39 is 0 Å². The van der Waals surface area contributed by atoms with E-state index in [0.717, 1.165) is 19.4 Å². The largest absolute Gasteiger partial charge is 0.484 e. The molecule has 2 rings (SSSR count). The Kier molecular flexibility index (Phi) is 5.57. The molecule has 1 atom stereocenters. The Morgan fingerprint density at radius 2 is 2.10 bits per heavy atom. The lowest BCUT2D eigenvalue weighted by Crippen LogP contribution is -2.35. The molecule has 1 fully saturated rings. The number of amides is 2. The molecule has 1 aromatic carbocycles. The number of hydrogen-bond acceptors (Lipinski definition) is 4. The number of rotatable bonds is 6. The van der Waals surface area contributed by atoms with Crippen LogP contribution in [0.5, 0.6) is 5.75 Å². The zero-order valence-electron chi connectivity index (χ0n) is 12.1. The van der Waals surface area contributed by atoms with Crippen LogP contribution in [-0.2, 0) is 14.3 Å². The van der Waals surface area contributed by atoms with Crippen molar-refractivity contribution in [2.45, 2.75) is 25.9 Å². The van der Waals surface area contributed by atoms with Crippen LogP contribution in [0.2, 0.25) is 0 Å². The maximum absolute atomic E-state index is 11.6. The number of ether oxygens (including phenoxy) is 2. The summed E-state index contributed by atoms with van der Waals surface area (Å²) in [5, 5.41) is 5.45. The number of anilines is 1. The first kappa shape index (κ1) is 15.3. The molecule has 6 nitrogen and oxygen atoms in total. The van der Waals surface area contributed by atoms with Gasteiger partial charge < -0.3 is 20.1 Å². The van der Waals surface area contributed by atoms with Gasteiger partial charge in [0.2, 0.25) is 5.91 Å². The number of carbonyl (C=O) groups is 2. The normalized spacial score (nSPS) is 17.3. The van der Waals surface area contributed by atoms with E-state index >= 15 is 0 Å². The summed E-state index contributed by atoms with van der Waals surface area (Å²) in [6.45, 7) is 2.72. The molecule has 2 N–H and O–H groups in total. The highest BCUT2D eigenvalue weighted by Gasteiger charge is 2.16. The van der Waals surface area contributed by atoms with Crippen LogP contribution in [0.1, 0.15) is 19.8 Å². The molecule has 1 aliphatic heterocycles. The summed E-state index contributed by atoms with van der Waals surface area (Å²) >= 11 is 0. The van der Waals surface area contributed by atoms with Gasteiger partial charge in [-0.05, 0) is 37.1 Å². The van der Waals surface area contributed by atoms with Crippen molar-refractivity contribution in [2.75, 3.05) is 25.1 Å². The minimum atomic E-state index is -0.170. The van der Waals surface area contributed by atoms with Gasteiger partial charge in [0.1, 0.15) is 5.75 Å². The van der Waals surface area contributed by atoms with Gasteiger partial charge in [-0.15, -0.1) is 0 Å². The molecule has 6 heteroatoms. The zero-order valence-corrected chi connectivity index (χ0v) is 12.1. The summed E-state index contributed by atoms with van der Waals surface area (Å²) in [5.41, 5.74) is 0.692. The zero-order chi connectivity index (χ0) is 15.1. The summed E-state index contributed by atoms with van der Waals surface area (Å²) < 4.78 is 10.8. The molecule has 0 saturated carbocycles. The third kappa shape index (κ3) is 5.43. The number of benzene rings is 1. The standard InChI is InChI=1S/C15H20N2O4/c1-11(18)17-12-4-6-13(7-5-12)21-10-15(19)16-9-14-3-2-8-20-14/h4-7,14H,2-3,8-10H2,1H3,(H,16,19)(H,17,18)/t14-/m0/s1. The van der Waals surface area contributed by atoms with Crippen LogP contribution in [0.25, 0.3) is 0 Å². The highest BCUT2D eigenvalue weighted by molar-refractivity contribution is 5.88. The second-order valence-electron chi connectivity index (χ2n) is 4.93. The molecule has 21 heavy (non-hydrogen) atoms. The second kappa shape index (κ2) is 7.64. The van der Waals surface area contributed by atoms with Crippen molar-refractivity contribution in [3.8, 4) is 5.75 Å². The smallest absolute Gasteiger partial charge is 0.258 e. The Morgan fingerprint density at radius 1 is 1.33 bits per heavy atom. The van der Waals surface area contributed by atoms with Gasteiger partial charge in [-0.25, -0.2) is 0 Å². The predicted molar refractivity (Wildman–Crippen MR) is 78.2 cm³/mol. The van der Waals surface area contributed by atoms with Crippen molar-refractivity contribution < 1.29 is 19.1 Å². The Hall–Kier alpha value is -2.08. The molecule has 1 heterocycles. The summed E-state index contributed by atoms with van der Waals surface area (Å²) in [6.07, 6.45) is 2.18. The van der Waals surface area contributed by atoms with Gasteiger partial charge >= 0.3 is 0 Å². The minimum Gasteiger partial charge on any atom is -0.484 e. The van der Waals surface area contributed by atoms with E-state index in [2.05, 4.69) is 10.6 Å². The number of hydrogen-bond donors (Lipinski definition) is 2. The fourth-order valence-corrected chi connectivity index (χ4v) is 2.07. The SMILES string of the molecule is CC(=O)Nc1ccc(OCC(=O)NC[C@@H]2CCCO2)cc1. The molecule has 1 saturated heterocycles. The van der Waals surface area contributed by atoms with Crippen molar-refractivity contribution in [3.63, 3.8) is 0 Å². The molecule has 0 aromatic heterocycles. The van der Waals surface area contributed by atoms with Crippen LogP contribution in [0.4, 0.5) is 5.69 Å². The summed E-state index contributed by atoms with van der Waals surface area (Å²) in [4.78, 5) is 22.5. The fraction of sp³-hybridized carbons (Fsp3) is 0.467. The molecule has 114 valence electrons. The van der Waals surface area contributed by atoms with E-state index in [-0.39, 0.29) is 24.5 Å². The third-order valence-electron chi connectivity index (χ3n) is 3.10. The van der Waals surface area contributed by atoms with E-state index in [1.165, 1.54) is 6.92 Å². The Bertz CT molecular complexity index is 481. The van der Waals surface area contributed by atoms with Crippen molar-refractivity contribution in [3.05, 3.63) is 24.3 Å². The lowest BCUT2D eigenvalue weighted by atomic mass is 10.2. The summed E-state index contributed by atoms with van der Waals surface area (Å²) in [5.74, 6) is 0.282. The van der Waals surface area contributed by atoms with E-state index in [9.17, 15) is 9.59 Å². The molecule has 0 aliphatic carbocycles. The first-order valence-corrected chi connectivity index (χ1v) is 7.02.